The number of rotatable bonds is 5. The maximum atomic E-state index is 9.82. The Bertz CT molecular complexity index is 640. The monoisotopic (exact) mass is 283 g/mol. The molecule has 0 amide bonds. The van der Waals surface area contributed by atoms with Crippen molar-refractivity contribution in [2.45, 2.75) is 26.3 Å². The van der Waals surface area contributed by atoms with E-state index in [2.05, 4.69) is 15.0 Å². The number of benzene rings is 1. The Morgan fingerprint density at radius 3 is 2.67 bits per heavy atom. The van der Waals surface area contributed by atoms with E-state index in [0.29, 0.717) is 6.54 Å². The fourth-order valence-electron chi connectivity index (χ4n) is 1.89. The minimum atomic E-state index is -0.295. The summed E-state index contributed by atoms with van der Waals surface area (Å²) in [6, 6.07) is 11.1. The highest BCUT2D eigenvalue weighted by molar-refractivity contribution is 6.01. The lowest BCUT2D eigenvalue weighted by atomic mass is 10.1. The Morgan fingerprint density at radius 1 is 1.24 bits per heavy atom. The average Bonchev–Trinajstić information content (AvgIpc) is 2.97. The van der Waals surface area contributed by atoms with Crippen LogP contribution in [0.2, 0.25) is 0 Å². The third-order valence-corrected chi connectivity index (χ3v) is 3.17. The number of aromatic amines is 1. The summed E-state index contributed by atoms with van der Waals surface area (Å²) in [5.41, 5.74) is 2.26. The summed E-state index contributed by atoms with van der Waals surface area (Å²) in [6.45, 7) is 6.53. The Morgan fingerprint density at radius 2 is 2.00 bits per heavy atom. The molecule has 0 spiro atoms. The van der Waals surface area contributed by atoms with Gasteiger partial charge in [-0.2, -0.15) is 0 Å². The number of phenolic OH excluding ortho intramolecular Hbond substituents is 1. The number of nitrogens with zero attached hydrogens (tertiary/aromatic N) is 2. The fraction of sp³-hybridized carbons (Fsp3) is 0.294. The van der Waals surface area contributed by atoms with Gasteiger partial charge in [0.2, 0.25) is 0 Å². The highest BCUT2D eigenvalue weighted by Crippen LogP contribution is 2.17. The largest absolute Gasteiger partial charge is 0.507 e. The van der Waals surface area contributed by atoms with E-state index in [1.54, 1.807) is 12.1 Å². The third-order valence-electron chi connectivity index (χ3n) is 3.17. The van der Waals surface area contributed by atoms with Crippen LogP contribution in [0.5, 0.6) is 5.75 Å². The number of aromatic hydroxyl groups is 1. The molecule has 2 N–H and O–H groups in total. The molecule has 110 valence electrons. The topological polar surface area (TPSA) is 60.7 Å². The van der Waals surface area contributed by atoms with Crippen LogP contribution < -0.4 is 0 Å². The fourth-order valence-corrected chi connectivity index (χ4v) is 1.89. The van der Waals surface area contributed by atoms with Crippen LogP contribution in [0.4, 0.5) is 0 Å². The molecule has 1 heterocycles. The van der Waals surface area contributed by atoms with Crippen LogP contribution in [-0.4, -0.2) is 34.1 Å². The van der Waals surface area contributed by atoms with Gasteiger partial charge in [-0.05, 0) is 45.0 Å². The minimum Gasteiger partial charge on any atom is -0.507 e. The molecule has 2 rings (SSSR count). The van der Waals surface area contributed by atoms with E-state index in [-0.39, 0.29) is 11.3 Å². The van der Waals surface area contributed by atoms with E-state index >= 15 is 0 Å². The van der Waals surface area contributed by atoms with Gasteiger partial charge in [0.25, 0.3) is 0 Å². The standard InChI is InChI=1S/C17H21N3O/c1-13(15-8-4-5-9-16(15)21)19-12-17(2,3)20-11-14-7-6-10-18-14/h4-11,18,21H,12H2,1-3H3. The lowest BCUT2D eigenvalue weighted by Gasteiger charge is -2.17. The molecule has 4 heteroatoms. The predicted molar refractivity (Wildman–Crippen MR) is 87.7 cm³/mol. The van der Waals surface area contributed by atoms with E-state index in [4.69, 9.17) is 0 Å². The molecule has 2 aromatic rings. The molecular formula is C17H21N3O. The van der Waals surface area contributed by atoms with Crippen LogP contribution in [0.25, 0.3) is 0 Å². The van der Waals surface area contributed by atoms with Gasteiger partial charge in [0.1, 0.15) is 5.75 Å². The zero-order valence-electron chi connectivity index (χ0n) is 12.7. The molecule has 0 radical (unpaired) electrons. The van der Waals surface area contributed by atoms with Crippen molar-refractivity contribution < 1.29 is 5.11 Å². The predicted octanol–water partition coefficient (Wildman–Crippen LogP) is 3.43. The molecule has 0 atom stereocenters. The van der Waals surface area contributed by atoms with Crippen LogP contribution >= 0.6 is 0 Å². The van der Waals surface area contributed by atoms with E-state index in [1.807, 2.05) is 57.4 Å². The lowest BCUT2D eigenvalue weighted by molar-refractivity contribution is 0.474. The average molecular weight is 283 g/mol. The van der Waals surface area contributed by atoms with Crippen molar-refractivity contribution in [3.8, 4) is 5.75 Å². The first kappa shape index (κ1) is 15.0. The minimum absolute atomic E-state index is 0.256. The number of phenols is 1. The number of nitrogens with one attached hydrogen (secondary N) is 1. The Labute approximate surface area is 125 Å². The van der Waals surface area contributed by atoms with E-state index in [1.165, 1.54) is 0 Å². The molecule has 0 aliphatic carbocycles. The van der Waals surface area contributed by atoms with Crippen molar-refractivity contribution in [1.29, 1.82) is 0 Å². The number of hydrogen-bond acceptors (Lipinski definition) is 3. The van der Waals surface area contributed by atoms with Crippen LogP contribution in [0, 0.1) is 0 Å². The highest BCUT2D eigenvalue weighted by Gasteiger charge is 2.15. The molecule has 0 saturated carbocycles. The van der Waals surface area contributed by atoms with Crippen molar-refractivity contribution >= 4 is 11.9 Å². The van der Waals surface area contributed by atoms with Gasteiger partial charge in [0.05, 0.1) is 17.8 Å². The van der Waals surface area contributed by atoms with Gasteiger partial charge in [-0.25, -0.2) is 0 Å². The molecule has 4 nitrogen and oxygen atoms in total. The maximum absolute atomic E-state index is 9.82. The van der Waals surface area contributed by atoms with Gasteiger partial charge in [-0.1, -0.05) is 12.1 Å². The number of aromatic nitrogens is 1. The Hall–Kier alpha value is -2.36. The first-order valence-corrected chi connectivity index (χ1v) is 6.96. The lowest BCUT2D eigenvalue weighted by Crippen LogP contribution is -2.22. The quantitative estimate of drug-likeness (QED) is 0.811. The molecule has 0 aliphatic rings. The first-order chi connectivity index (χ1) is 9.98. The molecular weight excluding hydrogens is 262 g/mol. The second kappa shape index (κ2) is 6.39. The van der Waals surface area contributed by atoms with Crippen molar-refractivity contribution in [1.82, 2.24) is 4.98 Å². The Kier molecular flexibility index (Phi) is 4.58. The van der Waals surface area contributed by atoms with Gasteiger partial charge in [0, 0.05) is 23.7 Å². The van der Waals surface area contributed by atoms with Crippen LogP contribution in [0.3, 0.4) is 0 Å². The Balaban J connectivity index is 2.06. The summed E-state index contributed by atoms with van der Waals surface area (Å²) in [6.07, 6.45) is 3.69. The summed E-state index contributed by atoms with van der Waals surface area (Å²) >= 11 is 0. The smallest absolute Gasteiger partial charge is 0.124 e. The summed E-state index contributed by atoms with van der Waals surface area (Å²) in [5, 5.41) is 9.82. The molecule has 21 heavy (non-hydrogen) atoms. The molecule has 1 aromatic carbocycles. The van der Waals surface area contributed by atoms with Crippen molar-refractivity contribution in [3.63, 3.8) is 0 Å². The number of hydrogen-bond donors (Lipinski definition) is 2. The van der Waals surface area contributed by atoms with Crippen LogP contribution in [0.15, 0.2) is 52.6 Å². The third kappa shape index (κ3) is 4.31. The van der Waals surface area contributed by atoms with Gasteiger partial charge < -0.3 is 10.1 Å². The zero-order valence-corrected chi connectivity index (χ0v) is 12.7. The first-order valence-electron chi connectivity index (χ1n) is 6.96. The SMILES string of the molecule is CC(=NCC(C)(C)N=Cc1ccc[nH]1)c1ccccc1O. The van der Waals surface area contributed by atoms with Crippen molar-refractivity contribution in [3.05, 3.63) is 53.9 Å². The van der Waals surface area contributed by atoms with Crippen molar-refractivity contribution in [2.75, 3.05) is 6.54 Å². The molecule has 1 aromatic heterocycles. The second-order valence-electron chi connectivity index (χ2n) is 5.61. The maximum Gasteiger partial charge on any atom is 0.124 e. The zero-order chi connectivity index (χ0) is 15.3. The van der Waals surface area contributed by atoms with E-state index < -0.39 is 0 Å². The summed E-state index contributed by atoms with van der Waals surface area (Å²) in [5.74, 6) is 0.256. The van der Waals surface area contributed by atoms with E-state index in [0.717, 1.165) is 17.0 Å². The molecule has 0 bridgehead atoms. The van der Waals surface area contributed by atoms with Gasteiger partial charge in [-0.3, -0.25) is 9.98 Å². The number of para-hydroxylation sites is 1. The number of aliphatic imine (C=N–C) groups is 2. The highest BCUT2D eigenvalue weighted by atomic mass is 16.3. The molecule has 0 saturated heterocycles. The van der Waals surface area contributed by atoms with Crippen molar-refractivity contribution in [2.24, 2.45) is 9.98 Å². The summed E-state index contributed by atoms with van der Waals surface area (Å²) < 4.78 is 0. The summed E-state index contributed by atoms with van der Waals surface area (Å²) in [4.78, 5) is 12.2. The molecule has 0 fully saturated rings. The molecule has 0 unspecified atom stereocenters. The number of H-pyrrole nitrogens is 1. The second-order valence-corrected chi connectivity index (χ2v) is 5.61. The molecule has 0 aliphatic heterocycles. The van der Waals surface area contributed by atoms with Crippen LogP contribution in [-0.2, 0) is 0 Å². The van der Waals surface area contributed by atoms with Gasteiger partial charge in [-0.15, -0.1) is 0 Å². The normalized spacial score (nSPS) is 13.0. The van der Waals surface area contributed by atoms with Gasteiger partial charge in [0.15, 0.2) is 0 Å². The van der Waals surface area contributed by atoms with E-state index in [9.17, 15) is 5.11 Å². The van der Waals surface area contributed by atoms with Gasteiger partial charge >= 0.3 is 0 Å². The summed E-state index contributed by atoms with van der Waals surface area (Å²) in [7, 11) is 0. The van der Waals surface area contributed by atoms with Crippen LogP contribution in [0.1, 0.15) is 32.0 Å².